The first-order valence-corrected chi connectivity index (χ1v) is 11.8. The Morgan fingerprint density at radius 2 is 1.85 bits per heavy atom. The maximum atomic E-state index is 12.8. The van der Waals surface area contributed by atoms with E-state index >= 15 is 0 Å². The third-order valence-electron chi connectivity index (χ3n) is 6.57. The molecule has 3 amide bonds. The molecule has 2 saturated heterocycles. The Morgan fingerprint density at radius 3 is 2.64 bits per heavy atom. The molecule has 3 aliphatic rings. The fraction of sp³-hybridized carbons (Fsp3) is 0.480. The molecule has 0 spiro atoms. The monoisotopic (exact) mass is 450 g/mol. The highest BCUT2D eigenvalue weighted by molar-refractivity contribution is 5.89. The lowest BCUT2D eigenvalue weighted by Gasteiger charge is -2.35. The van der Waals surface area contributed by atoms with Crippen molar-refractivity contribution in [3.05, 3.63) is 53.9 Å². The second-order valence-electron chi connectivity index (χ2n) is 8.98. The molecule has 174 valence electrons. The standard InChI is InChI=1S/C25H30N4O4/c30-24(23-5-1-2-13-32-23)28-12-3-4-22(17-28)33-21-8-6-20(7-9-21)27-25(31)29-15-18-10-11-26-14-19(18)16-29/h6-11,14,22-23H,1-5,12-13,15-17H2,(H,27,31). The van der Waals surface area contributed by atoms with Gasteiger partial charge >= 0.3 is 6.03 Å². The maximum absolute atomic E-state index is 12.8. The van der Waals surface area contributed by atoms with Crippen molar-refractivity contribution in [2.24, 2.45) is 0 Å². The van der Waals surface area contributed by atoms with Crippen LogP contribution in [0.25, 0.3) is 0 Å². The molecule has 5 rings (SSSR count). The number of aromatic nitrogens is 1. The number of urea groups is 1. The molecule has 1 aromatic heterocycles. The van der Waals surface area contributed by atoms with Crippen LogP contribution in [-0.4, -0.2) is 58.6 Å². The van der Waals surface area contributed by atoms with Crippen molar-refractivity contribution in [3.8, 4) is 5.75 Å². The van der Waals surface area contributed by atoms with Gasteiger partial charge in [-0.05, 0) is 73.6 Å². The van der Waals surface area contributed by atoms with E-state index in [-0.39, 0.29) is 24.1 Å². The molecule has 8 nitrogen and oxygen atoms in total. The van der Waals surface area contributed by atoms with E-state index in [2.05, 4.69) is 10.3 Å². The van der Waals surface area contributed by atoms with Gasteiger partial charge in [0.15, 0.2) is 0 Å². The second kappa shape index (κ2) is 9.79. The number of nitrogens with one attached hydrogen (secondary N) is 1. The summed E-state index contributed by atoms with van der Waals surface area (Å²) in [6, 6.07) is 9.24. The average molecular weight is 451 g/mol. The van der Waals surface area contributed by atoms with E-state index in [0.717, 1.165) is 61.2 Å². The Balaban J connectivity index is 1.12. The van der Waals surface area contributed by atoms with Crippen LogP contribution in [0.1, 0.15) is 43.2 Å². The summed E-state index contributed by atoms with van der Waals surface area (Å²) in [5.74, 6) is 0.835. The third kappa shape index (κ3) is 5.11. The van der Waals surface area contributed by atoms with Crippen LogP contribution >= 0.6 is 0 Å². The molecule has 0 bridgehead atoms. The van der Waals surface area contributed by atoms with Gasteiger partial charge in [0, 0.05) is 44.3 Å². The Kier molecular flexibility index (Phi) is 6.44. The third-order valence-corrected chi connectivity index (χ3v) is 6.57. The lowest BCUT2D eigenvalue weighted by Crippen LogP contribution is -2.49. The number of carbonyl (C=O) groups excluding carboxylic acids is 2. The first kappa shape index (κ1) is 21.7. The molecule has 2 atom stereocenters. The van der Waals surface area contributed by atoms with Crippen molar-refractivity contribution < 1.29 is 19.1 Å². The molecule has 0 aliphatic carbocycles. The van der Waals surface area contributed by atoms with Crippen molar-refractivity contribution in [3.63, 3.8) is 0 Å². The van der Waals surface area contributed by atoms with Gasteiger partial charge in [0.25, 0.3) is 5.91 Å². The Morgan fingerprint density at radius 1 is 1.00 bits per heavy atom. The van der Waals surface area contributed by atoms with E-state index < -0.39 is 0 Å². The number of hydrogen-bond donors (Lipinski definition) is 1. The van der Waals surface area contributed by atoms with Crippen molar-refractivity contribution in [2.75, 3.05) is 25.0 Å². The number of carbonyl (C=O) groups is 2. The van der Waals surface area contributed by atoms with E-state index in [4.69, 9.17) is 9.47 Å². The number of benzene rings is 1. The zero-order chi connectivity index (χ0) is 22.6. The predicted molar refractivity (Wildman–Crippen MR) is 123 cm³/mol. The molecule has 2 fully saturated rings. The van der Waals surface area contributed by atoms with E-state index in [1.54, 1.807) is 11.1 Å². The molecule has 33 heavy (non-hydrogen) atoms. The van der Waals surface area contributed by atoms with Crippen LogP contribution < -0.4 is 10.1 Å². The summed E-state index contributed by atoms with van der Waals surface area (Å²) < 4.78 is 11.8. The van der Waals surface area contributed by atoms with Gasteiger partial charge in [-0.3, -0.25) is 9.78 Å². The van der Waals surface area contributed by atoms with Crippen molar-refractivity contribution in [2.45, 2.75) is 57.4 Å². The minimum Gasteiger partial charge on any atom is -0.489 e. The highest BCUT2D eigenvalue weighted by Gasteiger charge is 2.31. The first-order chi connectivity index (χ1) is 16.2. The number of likely N-dealkylation sites (tertiary alicyclic amines) is 1. The molecular weight excluding hydrogens is 420 g/mol. The lowest BCUT2D eigenvalue weighted by molar-refractivity contribution is -0.149. The lowest BCUT2D eigenvalue weighted by atomic mass is 10.0. The minimum absolute atomic E-state index is 0.0385. The van der Waals surface area contributed by atoms with Crippen molar-refractivity contribution in [1.82, 2.24) is 14.8 Å². The first-order valence-electron chi connectivity index (χ1n) is 11.8. The summed E-state index contributed by atoms with van der Waals surface area (Å²) in [6.45, 7) is 3.18. The van der Waals surface area contributed by atoms with Crippen LogP contribution in [0.2, 0.25) is 0 Å². The SMILES string of the molecule is O=C(Nc1ccc(OC2CCCN(C(=O)C3CCCCO3)C2)cc1)N1Cc2ccncc2C1. The molecule has 8 heteroatoms. The Labute approximate surface area is 193 Å². The predicted octanol–water partition coefficient (Wildman–Crippen LogP) is 3.57. The van der Waals surface area contributed by atoms with Gasteiger partial charge in [-0.2, -0.15) is 0 Å². The topological polar surface area (TPSA) is 84.0 Å². The molecule has 0 saturated carbocycles. The van der Waals surface area contributed by atoms with Gasteiger partial charge in [0.1, 0.15) is 18.0 Å². The number of piperidine rings is 1. The highest BCUT2D eigenvalue weighted by Crippen LogP contribution is 2.25. The maximum Gasteiger partial charge on any atom is 0.322 e. The molecule has 4 heterocycles. The quantitative estimate of drug-likeness (QED) is 0.770. The number of nitrogens with zero attached hydrogens (tertiary/aromatic N) is 3. The Hall–Kier alpha value is -3.13. The van der Waals surface area contributed by atoms with Gasteiger partial charge in [-0.25, -0.2) is 4.79 Å². The van der Waals surface area contributed by atoms with Crippen LogP contribution in [0, 0.1) is 0 Å². The Bertz CT molecular complexity index is 965. The summed E-state index contributed by atoms with van der Waals surface area (Å²) in [6.07, 6.45) is 7.98. The summed E-state index contributed by atoms with van der Waals surface area (Å²) >= 11 is 0. The van der Waals surface area contributed by atoms with Crippen LogP contribution in [0.15, 0.2) is 42.7 Å². The molecule has 2 aromatic rings. The van der Waals surface area contributed by atoms with Crippen molar-refractivity contribution in [1.29, 1.82) is 0 Å². The van der Waals surface area contributed by atoms with E-state index in [1.165, 1.54) is 0 Å². The van der Waals surface area contributed by atoms with Crippen LogP contribution in [0.4, 0.5) is 10.5 Å². The number of pyridine rings is 1. The summed E-state index contributed by atoms with van der Waals surface area (Å²) in [4.78, 5) is 33.2. The van der Waals surface area contributed by atoms with E-state index in [9.17, 15) is 9.59 Å². The molecule has 1 N–H and O–H groups in total. The zero-order valence-corrected chi connectivity index (χ0v) is 18.7. The van der Waals surface area contributed by atoms with Crippen LogP contribution in [0.5, 0.6) is 5.75 Å². The fourth-order valence-electron chi connectivity index (χ4n) is 4.75. The minimum atomic E-state index is -0.292. The number of ether oxygens (including phenoxy) is 2. The van der Waals surface area contributed by atoms with E-state index in [1.807, 2.05) is 41.4 Å². The number of fused-ring (bicyclic) bond motifs is 1. The fourth-order valence-corrected chi connectivity index (χ4v) is 4.75. The largest absolute Gasteiger partial charge is 0.489 e. The van der Waals surface area contributed by atoms with Gasteiger partial charge < -0.3 is 24.6 Å². The second-order valence-corrected chi connectivity index (χ2v) is 8.98. The average Bonchev–Trinajstić information content (AvgIpc) is 3.30. The number of hydrogen-bond acceptors (Lipinski definition) is 5. The smallest absolute Gasteiger partial charge is 0.322 e. The van der Waals surface area contributed by atoms with Crippen molar-refractivity contribution >= 4 is 17.6 Å². The van der Waals surface area contributed by atoms with Gasteiger partial charge in [0.05, 0.1) is 6.54 Å². The van der Waals surface area contributed by atoms with Gasteiger partial charge in [-0.1, -0.05) is 0 Å². The molecule has 3 aliphatic heterocycles. The normalized spacial score (nSPS) is 22.5. The van der Waals surface area contributed by atoms with Crippen LogP contribution in [0.3, 0.4) is 0 Å². The summed E-state index contributed by atoms with van der Waals surface area (Å²) in [5, 5.41) is 2.95. The van der Waals surface area contributed by atoms with E-state index in [0.29, 0.717) is 26.2 Å². The summed E-state index contributed by atoms with van der Waals surface area (Å²) in [7, 11) is 0. The number of rotatable bonds is 4. The highest BCUT2D eigenvalue weighted by atomic mass is 16.5. The molecule has 2 unspecified atom stereocenters. The molecular formula is C25H30N4O4. The number of amides is 3. The van der Waals surface area contributed by atoms with Crippen LogP contribution in [-0.2, 0) is 22.6 Å². The molecule has 0 radical (unpaired) electrons. The van der Waals surface area contributed by atoms with Gasteiger partial charge in [0.2, 0.25) is 0 Å². The number of anilines is 1. The van der Waals surface area contributed by atoms with Gasteiger partial charge in [-0.15, -0.1) is 0 Å². The zero-order valence-electron chi connectivity index (χ0n) is 18.7. The molecule has 1 aromatic carbocycles. The summed E-state index contributed by atoms with van der Waals surface area (Å²) in [5.41, 5.74) is 2.95.